The first-order valence-corrected chi connectivity index (χ1v) is 37.7. The van der Waals surface area contributed by atoms with Crippen LogP contribution in [0.15, 0.2) is 90.6 Å². The predicted molar refractivity (Wildman–Crippen MR) is 398 cm³/mol. The summed E-state index contributed by atoms with van der Waals surface area (Å²) in [6.07, 6.45) is 17.0. The van der Waals surface area contributed by atoms with Crippen molar-refractivity contribution in [3.63, 3.8) is 0 Å². The van der Waals surface area contributed by atoms with E-state index in [0.717, 1.165) is 135 Å². The number of nitrogens with zero attached hydrogens (tertiary/aromatic N) is 5. The summed E-state index contributed by atoms with van der Waals surface area (Å²) < 4.78 is 122. The third-order valence-corrected chi connectivity index (χ3v) is 26.2. The van der Waals surface area contributed by atoms with Gasteiger partial charge in [-0.2, -0.15) is 0 Å². The van der Waals surface area contributed by atoms with Gasteiger partial charge in [-0.25, -0.2) is 9.59 Å². The number of halogens is 10. The van der Waals surface area contributed by atoms with Gasteiger partial charge >= 0.3 is 30.1 Å². The number of fused-ring (bicyclic) bond motifs is 7. The van der Waals surface area contributed by atoms with Crippen LogP contribution in [0.1, 0.15) is 134 Å². The molecule has 5 N–H and O–H groups in total. The number of methoxy groups -OCH3 is 3. The third kappa shape index (κ3) is 14.4. The highest BCUT2D eigenvalue weighted by Crippen LogP contribution is 2.70. The first kappa shape index (κ1) is 87.6. The summed E-state index contributed by atoms with van der Waals surface area (Å²) in [5, 5.41) is 33.6. The summed E-state index contributed by atoms with van der Waals surface area (Å²) in [6.45, 7) is 15.3. The van der Waals surface area contributed by atoms with E-state index in [9.17, 15) is 29.4 Å². The normalized spacial score (nSPS) is 31.9. The van der Waals surface area contributed by atoms with Gasteiger partial charge in [-0.15, -0.1) is 0 Å². The number of likely N-dealkylation sites (N-methyl/N-ethyl adjacent to an activating group) is 2. The minimum Gasteiger partial charge on any atom is -0.497 e. The van der Waals surface area contributed by atoms with Crippen LogP contribution in [0.2, 0.25) is 0 Å². The van der Waals surface area contributed by atoms with Crippen LogP contribution in [0.4, 0.5) is 66.7 Å². The van der Waals surface area contributed by atoms with E-state index < -0.39 is 86.7 Å². The third-order valence-electron chi connectivity index (χ3n) is 26.2. The quantitative estimate of drug-likeness (QED) is 0.0285. The molecule has 1 unspecified atom stereocenters. The van der Waals surface area contributed by atoms with Crippen LogP contribution >= 0.6 is 0 Å². The van der Waals surface area contributed by atoms with E-state index in [1.54, 1.807) is 14.2 Å². The van der Waals surface area contributed by atoms with Gasteiger partial charge in [0.1, 0.15) is 40.3 Å². The van der Waals surface area contributed by atoms with Crippen molar-refractivity contribution in [2.24, 2.45) is 28.6 Å². The van der Waals surface area contributed by atoms with Crippen molar-refractivity contribution in [3.05, 3.63) is 118 Å². The zero-order chi connectivity index (χ0) is 80.9. The molecule has 4 saturated carbocycles. The minimum absolute atomic E-state index is 0. The smallest absolute Gasteiger partial charge is 0.407 e. The number of esters is 3. The largest absolute Gasteiger partial charge is 0.497 e. The lowest BCUT2D eigenvalue weighted by Crippen LogP contribution is -2.81. The molecule has 2 amide bonds. The molecule has 12 aliphatic rings. The van der Waals surface area contributed by atoms with Gasteiger partial charge in [0.15, 0.2) is 0 Å². The molecule has 2 saturated heterocycles. The van der Waals surface area contributed by atoms with Crippen LogP contribution in [0.3, 0.4) is 0 Å². The van der Waals surface area contributed by atoms with Gasteiger partial charge in [0, 0.05) is 186 Å². The molecule has 32 heteroatoms. The molecule has 0 radical (unpaired) electrons. The van der Waals surface area contributed by atoms with Crippen molar-refractivity contribution < 1.29 is 113 Å². The molecule has 8 aliphatic heterocycles. The minimum atomic E-state index is -1.80. The van der Waals surface area contributed by atoms with Crippen molar-refractivity contribution in [2.45, 2.75) is 176 Å². The second-order valence-electron chi connectivity index (χ2n) is 31.4. The van der Waals surface area contributed by atoms with Crippen molar-refractivity contribution in [2.75, 3.05) is 117 Å². The Bertz CT molecular complexity index is 4100. The lowest BCUT2D eigenvalue weighted by atomic mass is 9.47. The maximum atomic E-state index is 15.4. The Kier molecular flexibility index (Phi) is 27.9. The van der Waals surface area contributed by atoms with Crippen LogP contribution < -0.4 is 29.9 Å². The Morgan fingerprint density at radius 2 is 1.13 bits per heavy atom. The molecule has 6 fully saturated rings. The molecule has 16 rings (SSSR count). The number of amides is 2. The van der Waals surface area contributed by atoms with Gasteiger partial charge in [-0.05, 0) is 136 Å². The molecule has 112 heavy (non-hydrogen) atoms. The van der Waals surface area contributed by atoms with Crippen LogP contribution in [-0.4, -0.2) is 215 Å². The molecule has 620 valence electrons. The van der Waals surface area contributed by atoms with E-state index in [4.69, 9.17) is 78.9 Å². The summed E-state index contributed by atoms with van der Waals surface area (Å²) in [5.41, 5.74) is 1.58. The fraction of sp³-hybridized carbons (Fsp3) is 0.613. The van der Waals surface area contributed by atoms with Gasteiger partial charge in [0.2, 0.25) is 0 Å². The first-order valence-electron chi connectivity index (χ1n) is 37.7. The first-order chi connectivity index (χ1) is 53.6. The van der Waals surface area contributed by atoms with E-state index in [-0.39, 0.29) is 44.5 Å². The number of aliphatic hydroxyl groups is 2. The number of hydrogen-bond donors (Lipinski definition) is 5. The second-order valence-corrected chi connectivity index (χ2v) is 31.4. The zero-order valence-corrected chi connectivity index (χ0v) is 64.1. The van der Waals surface area contributed by atoms with Gasteiger partial charge < -0.3 is 68.8 Å². The number of aromatic nitrogens is 1. The van der Waals surface area contributed by atoms with E-state index in [0.29, 0.717) is 63.0 Å². The number of benzene rings is 3. The topological polar surface area (TPSA) is 246 Å². The van der Waals surface area contributed by atoms with Gasteiger partial charge in [-0.1, -0.05) is 88.4 Å². The Hall–Kier alpha value is -8.33. The number of anilines is 2. The van der Waals surface area contributed by atoms with Crippen LogP contribution in [-0.2, 0) is 60.7 Å². The van der Waals surface area contributed by atoms with Crippen LogP contribution in [0.5, 0.6) is 11.5 Å². The number of rotatable bonds is 17. The van der Waals surface area contributed by atoms with Crippen molar-refractivity contribution >= 4 is 52.4 Å². The SMILES string of the molecule is C.CCC1=C[C@@H]2CN(CCc3c([nH]c4ccccc34)[C@@](C(=O)OC)(c3cc4c(cc3OC)N(C)[C@H]3[C@@](O)(CNC(=O)OCC5CC5)[C@H](OC(C)=O)[C@]5(CC)C=CCN6CC[C@]43[C@@H]65)C2)C1.CC[C@]12C=CCN3CC[C@@]4(c5ccc(OC)cc5N(C)[C@H]4[C@@](O)(CNC(=O)OCC4CC4)[C@@H]1OC(C)=O)[C@@H]32.FF.FF.FF.FF.FF. The van der Waals surface area contributed by atoms with Crippen LogP contribution in [0, 0.1) is 28.6 Å². The van der Waals surface area contributed by atoms with E-state index in [1.807, 2.05) is 38.4 Å². The Morgan fingerprint density at radius 1 is 0.625 bits per heavy atom. The summed E-state index contributed by atoms with van der Waals surface area (Å²) in [5.74, 6) is 0.799. The highest BCUT2D eigenvalue weighted by atomic mass is 20.0. The summed E-state index contributed by atoms with van der Waals surface area (Å²) >= 11 is 0. The van der Waals surface area contributed by atoms with E-state index in [2.05, 4.69) is 122 Å². The zero-order valence-electron chi connectivity index (χ0n) is 64.1. The van der Waals surface area contributed by atoms with Gasteiger partial charge in [-0.3, -0.25) is 29.1 Å². The van der Waals surface area contributed by atoms with Crippen LogP contribution in [0.25, 0.3) is 10.9 Å². The number of carbonyl (C=O) groups is 5. The lowest BCUT2D eigenvalue weighted by molar-refractivity contribution is -0.217. The summed E-state index contributed by atoms with van der Waals surface area (Å²) in [6, 6.07) is 17.4. The fourth-order valence-corrected chi connectivity index (χ4v) is 22.1. The number of alkyl carbamates (subject to hydrolysis) is 2. The van der Waals surface area contributed by atoms with Gasteiger partial charge in [0.05, 0.1) is 59.7 Å². The average Bonchev–Trinajstić information content (AvgIpc) is 1.47. The number of nitrogens with one attached hydrogen (secondary N) is 3. The summed E-state index contributed by atoms with van der Waals surface area (Å²) in [7, 11) is 8.76. The summed E-state index contributed by atoms with van der Waals surface area (Å²) in [4.78, 5) is 83.0. The lowest BCUT2D eigenvalue weighted by Gasteiger charge is -2.64. The Balaban J connectivity index is 0.000000252. The fourth-order valence-electron chi connectivity index (χ4n) is 22.1. The number of hydrogen-bond acceptors (Lipinski definition) is 19. The van der Waals surface area contributed by atoms with E-state index >= 15 is 4.79 Å². The van der Waals surface area contributed by atoms with Crippen molar-refractivity contribution in [1.29, 1.82) is 0 Å². The number of carbonyl (C=O) groups excluding carboxylic acids is 5. The molecule has 2 bridgehead atoms. The second kappa shape index (κ2) is 35.6. The van der Waals surface area contributed by atoms with E-state index in [1.165, 1.54) is 32.1 Å². The molecule has 3 aromatic carbocycles. The molecule has 4 aliphatic carbocycles. The number of para-hydroxylation sites is 1. The highest BCUT2D eigenvalue weighted by Gasteiger charge is 2.80. The number of aromatic amines is 1. The number of ether oxygens (including phenoxy) is 7. The molecule has 4 aromatic rings. The maximum Gasteiger partial charge on any atom is 0.407 e. The maximum absolute atomic E-state index is 15.4. The standard InChI is InChI=1S/C50H63N5O8.C29H39N3O6.CH4.5F2/c1-7-31-22-33-25-49(45(57)61-6,41-35(16-20-54(26-31)27-33)34-12-9-10-13-38(34)52-41)37-23-36-39(24-40(37)60-5)53(4)43-48(36)18-21-55-19-11-17-47(8-2,42(48)55)44(63-30(3)56)50(43,59)29-51-46(58)62-28-32-14-15-32;1-5-27-11-6-13-32-14-12-28(23(27)32)21-10-9-20(36-4)15-22(21)31(3)24(28)29(35,25(27)38-18(2)33)17-30-26(34)37-16-19-7-8-19;;5*1-2/h9-13,17,22-24,32-33,42-44,52,59H,7-8,14-16,18-21,25-29H2,1-6H3,(H,51,58);6,9-11,15,19,23-25,35H,5,7-8,12-14,16-17H2,1-4H3,(H,30,34);1H4;;;;;/t33-,42-,43+,44+,47+,48+,49-,50-;23-,24+,25+,27+,28+,29-;;;;;;/m00....../s1. The molecule has 15 atom stereocenters. The molecule has 9 heterocycles. The molecular formula is C80H106F10N8O14. The Labute approximate surface area is 645 Å². The average molecular weight is 1590 g/mol. The molecule has 22 nitrogen and oxygen atoms in total. The molecule has 1 aromatic heterocycles. The number of H-pyrrole nitrogens is 1. The predicted octanol–water partition coefficient (Wildman–Crippen LogP) is 13.2. The molecular weight excluding hydrogens is 1490 g/mol. The Morgan fingerprint density at radius 3 is 1.61 bits per heavy atom. The van der Waals surface area contributed by atoms with Gasteiger partial charge in [0.25, 0.3) is 0 Å². The van der Waals surface area contributed by atoms with Crippen molar-refractivity contribution in [1.82, 2.24) is 30.3 Å². The van der Waals surface area contributed by atoms with Crippen molar-refractivity contribution in [3.8, 4) is 11.5 Å². The monoisotopic (exact) mass is 1590 g/mol. The highest BCUT2D eigenvalue weighted by molar-refractivity contribution is 5.94. The molecule has 2 spiro atoms.